The van der Waals surface area contributed by atoms with Crippen molar-refractivity contribution in [1.82, 2.24) is 0 Å². The first-order valence-corrected chi connectivity index (χ1v) is 26.3. The molecule has 420 valence electrons. The van der Waals surface area contributed by atoms with Crippen LogP contribution in [-0.4, -0.2) is 193 Å². The molecule has 24 atom stereocenters. The van der Waals surface area contributed by atoms with Gasteiger partial charge in [-0.15, -0.1) is 0 Å². The lowest BCUT2D eigenvalue weighted by Crippen LogP contribution is -2.72. The van der Waals surface area contributed by atoms with E-state index in [-0.39, 0.29) is 23.7 Å². The van der Waals surface area contributed by atoms with Crippen LogP contribution in [0, 0.1) is 50.2 Å². The topological polar surface area (TPSA) is 327 Å². The van der Waals surface area contributed by atoms with Gasteiger partial charge in [-0.2, -0.15) is 0 Å². The fraction of sp³-hybridized carbons (Fsp3) is 0.868. The number of hydrogen-bond acceptors (Lipinski definition) is 20. The van der Waals surface area contributed by atoms with Crippen molar-refractivity contribution >= 4 is 17.9 Å². The summed E-state index contributed by atoms with van der Waals surface area (Å²) in [6.45, 7) is 18.1. The van der Waals surface area contributed by atoms with E-state index < -0.39 is 175 Å². The molecule has 7 fully saturated rings. The van der Waals surface area contributed by atoms with Crippen molar-refractivity contribution in [1.29, 1.82) is 0 Å². The van der Waals surface area contributed by atoms with Crippen LogP contribution in [-0.2, 0) is 52.3 Å². The molecule has 0 aromatic rings. The van der Waals surface area contributed by atoms with E-state index in [1.165, 1.54) is 6.92 Å². The summed E-state index contributed by atoms with van der Waals surface area (Å²) in [5, 5.41) is 110. The minimum absolute atomic E-state index is 0.0143. The Morgan fingerprint density at radius 3 is 1.86 bits per heavy atom. The van der Waals surface area contributed by atoms with Gasteiger partial charge in [0.1, 0.15) is 67.1 Å². The highest BCUT2D eigenvalue weighted by atomic mass is 16.8. The second-order valence-electron chi connectivity index (χ2n) is 24.8. The first-order chi connectivity index (χ1) is 34.5. The van der Waals surface area contributed by atoms with E-state index in [0.29, 0.717) is 37.7 Å². The van der Waals surface area contributed by atoms with Gasteiger partial charge in [-0.3, -0.25) is 4.79 Å². The predicted octanol–water partition coefficient (Wildman–Crippen LogP) is 0.985. The molecule has 3 aliphatic heterocycles. The monoisotopic (exact) mass is 1050 g/mol. The molecule has 8 rings (SSSR count). The van der Waals surface area contributed by atoms with E-state index in [4.69, 9.17) is 37.9 Å². The molecule has 21 heteroatoms. The van der Waals surface area contributed by atoms with Crippen molar-refractivity contribution in [3.63, 3.8) is 0 Å². The number of carboxylic acids is 1. The SMILES string of the molecule is C/C=C(\C)C(=O)O[C@H]1[C@H](OC(C)=O)[C@]2(CO)[C@H](O)C[C@]3(C)C(=CCC4[C@@]5(C)CC[C@H](O[C@@H]6O[C@H](C(=O)O)[C@@H](O[C@@H]7OC[C@@H](O)[C@H](O)[C@H]7O)[C@H](O)[C@H]6O[C@@H]6OC[C@@H](O)[C@H](O)[C@H]6O)C(C)(C)C5CC[C@]43C)[C@@H]2CC1(C)C. The number of aliphatic hydroxyl groups excluding tert-OH is 9. The molecular formula is C53H82O21. The Morgan fingerprint density at radius 1 is 0.716 bits per heavy atom. The maximum atomic E-state index is 13.4. The Balaban J connectivity index is 1.09. The van der Waals surface area contributed by atoms with E-state index in [1.807, 2.05) is 13.8 Å². The third kappa shape index (κ3) is 9.11. The molecule has 0 amide bonds. The summed E-state index contributed by atoms with van der Waals surface area (Å²) in [7, 11) is 0. The number of hydrogen-bond donors (Lipinski definition) is 10. The van der Waals surface area contributed by atoms with Crippen LogP contribution >= 0.6 is 0 Å². The maximum absolute atomic E-state index is 13.4. The number of fused-ring (bicyclic) bond motifs is 7. The number of ether oxygens (including phenoxy) is 8. The summed E-state index contributed by atoms with van der Waals surface area (Å²) < 4.78 is 48.1. The average molecular weight is 1060 g/mol. The smallest absolute Gasteiger partial charge is 0.335 e. The zero-order valence-electron chi connectivity index (χ0n) is 44.2. The summed E-state index contributed by atoms with van der Waals surface area (Å²) in [4.78, 5) is 39.3. The van der Waals surface area contributed by atoms with Gasteiger partial charge in [-0.25, -0.2) is 9.59 Å². The van der Waals surface area contributed by atoms with E-state index >= 15 is 0 Å². The number of carbonyl (C=O) groups excluding carboxylic acids is 2. The summed E-state index contributed by atoms with van der Waals surface area (Å²) in [6.07, 6.45) is -18.9. The van der Waals surface area contributed by atoms with Crippen molar-refractivity contribution in [2.45, 2.75) is 219 Å². The normalized spacial score (nSPS) is 49.9. The van der Waals surface area contributed by atoms with Crippen LogP contribution in [0.2, 0.25) is 0 Å². The van der Waals surface area contributed by atoms with Gasteiger partial charge in [0.25, 0.3) is 0 Å². The van der Waals surface area contributed by atoms with Gasteiger partial charge < -0.3 is 89.0 Å². The summed E-state index contributed by atoms with van der Waals surface area (Å²) in [5.41, 5.74) is -2.68. The Kier molecular flexibility index (Phi) is 15.9. The van der Waals surface area contributed by atoms with E-state index in [9.17, 15) is 65.4 Å². The lowest BCUT2D eigenvalue weighted by Gasteiger charge is -2.72. The average Bonchev–Trinajstić information content (AvgIpc) is 3.32. The lowest BCUT2D eigenvalue weighted by atomic mass is 9.33. The number of allylic oxidation sites excluding steroid dienone is 3. The summed E-state index contributed by atoms with van der Waals surface area (Å²) in [6, 6.07) is 0. The molecule has 2 unspecified atom stereocenters. The van der Waals surface area contributed by atoms with Gasteiger partial charge in [-0.1, -0.05) is 66.2 Å². The quantitative estimate of drug-likeness (QED) is 0.0597. The lowest BCUT2D eigenvalue weighted by molar-refractivity contribution is -0.382. The standard InChI is InChI=1S/C53H82O21/c1-11-23(2)44(66)74-41-42(69-24(3)55)53(22-54)26(18-48(41,4)5)25-12-13-30-50(8)16-15-32(49(6,7)29(50)14-17-51(30,9)52(25,10)19-31(53)58)70-47-39(72-46-36(62)34(60)28(57)21-68-46)37(63)38(40(73-47)43(64)65)71-45-35(61)33(59)27(56)20-67-45/h11-12,26-42,45-47,54,56-63H,13-22H2,1-10H3,(H,64,65)/b23-11+/t26-,27+,28+,29?,30?,31+,32-,33-,34-,35+,36+,37-,38-,39+,40-,41-,42-,45-,46-,47+,50-,51+,52+,53-/m0/s1. The molecule has 10 N–H and O–H groups in total. The van der Waals surface area contributed by atoms with Crippen LogP contribution < -0.4 is 0 Å². The predicted molar refractivity (Wildman–Crippen MR) is 256 cm³/mol. The molecule has 3 saturated heterocycles. The van der Waals surface area contributed by atoms with Crippen molar-refractivity contribution in [2.24, 2.45) is 50.2 Å². The fourth-order valence-electron chi connectivity index (χ4n) is 15.7. The molecule has 0 radical (unpaired) electrons. The summed E-state index contributed by atoms with van der Waals surface area (Å²) >= 11 is 0. The van der Waals surface area contributed by atoms with Gasteiger partial charge in [0.15, 0.2) is 25.0 Å². The first-order valence-electron chi connectivity index (χ1n) is 26.3. The Morgan fingerprint density at radius 2 is 1.31 bits per heavy atom. The van der Waals surface area contributed by atoms with E-state index in [0.717, 1.165) is 12.0 Å². The Labute approximate surface area is 432 Å². The maximum Gasteiger partial charge on any atom is 0.335 e. The van der Waals surface area contributed by atoms with Crippen molar-refractivity contribution < 1.29 is 103 Å². The highest BCUT2D eigenvalue weighted by Crippen LogP contribution is 2.76. The minimum Gasteiger partial charge on any atom is -0.479 e. The number of carbonyl (C=O) groups is 3. The number of aliphatic carboxylic acids is 1. The zero-order valence-corrected chi connectivity index (χ0v) is 44.2. The molecule has 3 heterocycles. The van der Waals surface area contributed by atoms with Crippen LogP contribution in [0.25, 0.3) is 0 Å². The van der Waals surface area contributed by atoms with Gasteiger partial charge in [0, 0.05) is 17.9 Å². The minimum atomic E-state index is -1.98. The van der Waals surface area contributed by atoms with Crippen LogP contribution in [0.4, 0.5) is 0 Å². The van der Waals surface area contributed by atoms with Gasteiger partial charge in [-0.05, 0) is 98.2 Å². The molecule has 0 aromatic heterocycles. The van der Waals surface area contributed by atoms with Crippen LogP contribution in [0.3, 0.4) is 0 Å². The van der Waals surface area contributed by atoms with E-state index in [1.54, 1.807) is 19.9 Å². The molecule has 8 aliphatic rings. The second kappa shape index (κ2) is 20.5. The first kappa shape index (κ1) is 57.5. The number of rotatable bonds is 11. The number of carboxylic acid groups (broad SMARTS) is 1. The highest BCUT2D eigenvalue weighted by Gasteiger charge is 2.74. The van der Waals surface area contributed by atoms with Crippen molar-refractivity contribution in [3.05, 3.63) is 23.3 Å². The molecular weight excluding hydrogens is 973 g/mol. The van der Waals surface area contributed by atoms with Gasteiger partial charge in [0.05, 0.1) is 37.4 Å². The van der Waals surface area contributed by atoms with Crippen molar-refractivity contribution in [2.75, 3.05) is 19.8 Å². The molecule has 0 aromatic carbocycles. The highest BCUT2D eigenvalue weighted by molar-refractivity contribution is 5.87. The second-order valence-corrected chi connectivity index (χ2v) is 24.8. The molecule has 0 bridgehead atoms. The third-order valence-corrected chi connectivity index (χ3v) is 20.1. The van der Waals surface area contributed by atoms with Crippen molar-refractivity contribution in [3.8, 4) is 0 Å². The molecule has 74 heavy (non-hydrogen) atoms. The summed E-state index contributed by atoms with van der Waals surface area (Å²) in [5.74, 6) is -3.18. The van der Waals surface area contributed by atoms with Crippen LogP contribution in [0.15, 0.2) is 23.3 Å². The molecule has 21 nitrogen and oxygen atoms in total. The number of esters is 2. The number of aliphatic hydroxyl groups is 9. The molecule has 5 aliphatic carbocycles. The Hall–Kier alpha value is -2.71. The largest absolute Gasteiger partial charge is 0.479 e. The van der Waals surface area contributed by atoms with Gasteiger partial charge >= 0.3 is 17.9 Å². The van der Waals surface area contributed by atoms with Gasteiger partial charge in [0.2, 0.25) is 0 Å². The fourth-order valence-corrected chi connectivity index (χ4v) is 15.7. The van der Waals surface area contributed by atoms with Crippen LogP contribution in [0.5, 0.6) is 0 Å². The Bertz CT molecular complexity index is 2170. The molecule has 0 spiro atoms. The van der Waals surface area contributed by atoms with E-state index in [2.05, 4.69) is 40.7 Å². The third-order valence-electron chi connectivity index (χ3n) is 20.1. The zero-order chi connectivity index (χ0) is 54.6. The van der Waals surface area contributed by atoms with Crippen LogP contribution in [0.1, 0.15) is 114 Å². The molecule has 4 saturated carbocycles.